The van der Waals surface area contributed by atoms with Crippen LogP contribution >= 0.6 is 22.9 Å². The fourth-order valence-electron chi connectivity index (χ4n) is 2.13. The zero-order chi connectivity index (χ0) is 14.3. The quantitative estimate of drug-likeness (QED) is 0.703. The van der Waals surface area contributed by atoms with Crippen LogP contribution in [0.25, 0.3) is 20.7 Å². The van der Waals surface area contributed by atoms with Gasteiger partial charge in [0.05, 0.1) is 10.6 Å². The lowest BCUT2D eigenvalue weighted by molar-refractivity contribution is 1.00. The summed E-state index contributed by atoms with van der Waals surface area (Å²) in [7, 11) is 3.88. The number of nitrogens with zero attached hydrogens (tertiary/aromatic N) is 3. The Hall–Kier alpha value is -1.65. The van der Waals surface area contributed by atoms with Crippen LogP contribution < -0.4 is 4.90 Å². The van der Waals surface area contributed by atoms with Gasteiger partial charge in [-0.2, -0.15) is 0 Å². The summed E-state index contributed by atoms with van der Waals surface area (Å²) < 4.78 is 1.23. The van der Waals surface area contributed by atoms with Gasteiger partial charge in [0, 0.05) is 30.0 Å². The number of aryl methyl sites for hydroxylation is 1. The lowest BCUT2D eigenvalue weighted by atomic mass is 10.1. The number of benzene rings is 1. The summed E-state index contributed by atoms with van der Waals surface area (Å²) >= 11 is 7.82. The number of halogens is 1. The second kappa shape index (κ2) is 5.04. The number of rotatable bonds is 2. The van der Waals surface area contributed by atoms with Crippen molar-refractivity contribution in [1.82, 2.24) is 9.97 Å². The maximum Gasteiger partial charge on any atom is 0.225 e. The van der Waals surface area contributed by atoms with Crippen molar-refractivity contribution in [1.29, 1.82) is 0 Å². The first-order chi connectivity index (χ1) is 9.56. The van der Waals surface area contributed by atoms with Gasteiger partial charge in [0.15, 0.2) is 0 Å². The van der Waals surface area contributed by atoms with E-state index in [9.17, 15) is 0 Å². The third-order valence-electron chi connectivity index (χ3n) is 3.17. The van der Waals surface area contributed by atoms with E-state index in [0.717, 1.165) is 16.7 Å². The summed E-state index contributed by atoms with van der Waals surface area (Å²) in [6, 6.07) is 7.95. The average Bonchev–Trinajstić information content (AvgIpc) is 2.76. The molecule has 0 aliphatic carbocycles. The molecule has 0 N–H and O–H groups in total. The number of thiophene rings is 1. The van der Waals surface area contributed by atoms with Crippen molar-refractivity contribution in [3.63, 3.8) is 0 Å². The molecule has 0 saturated heterocycles. The molecular weight excluding hydrogens is 290 g/mol. The first kappa shape index (κ1) is 13.3. The number of aromatic nitrogens is 2. The van der Waals surface area contributed by atoms with E-state index < -0.39 is 0 Å². The molecule has 0 fully saturated rings. The Labute approximate surface area is 126 Å². The molecule has 3 nitrogen and oxygen atoms in total. The lowest BCUT2D eigenvalue weighted by Gasteiger charge is -2.10. The molecule has 0 amide bonds. The minimum atomic E-state index is 0.720. The van der Waals surface area contributed by atoms with Crippen LogP contribution in [0.1, 0.15) is 5.56 Å². The number of anilines is 1. The van der Waals surface area contributed by atoms with Crippen molar-refractivity contribution < 1.29 is 0 Å². The maximum atomic E-state index is 6.09. The molecule has 2 heterocycles. The monoisotopic (exact) mass is 303 g/mol. The van der Waals surface area contributed by atoms with Crippen LogP contribution in [0.4, 0.5) is 5.95 Å². The van der Waals surface area contributed by atoms with Crippen molar-refractivity contribution >= 4 is 39.0 Å². The highest BCUT2D eigenvalue weighted by Gasteiger charge is 2.13. The fourth-order valence-corrected chi connectivity index (χ4v) is 3.46. The van der Waals surface area contributed by atoms with Crippen LogP contribution in [-0.2, 0) is 0 Å². The molecule has 3 aromatic rings. The van der Waals surface area contributed by atoms with Crippen LogP contribution in [0.2, 0.25) is 5.02 Å². The molecule has 1 aromatic carbocycles. The van der Waals surface area contributed by atoms with Crippen LogP contribution in [0.15, 0.2) is 30.5 Å². The SMILES string of the molecule is Cc1c(-c2ccnc(N(C)C)n2)sc2ccc(Cl)cc12. The first-order valence-electron chi connectivity index (χ1n) is 6.25. The van der Waals surface area contributed by atoms with Crippen molar-refractivity contribution in [3.8, 4) is 10.6 Å². The molecule has 20 heavy (non-hydrogen) atoms. The van der Waals surface area contributed by atoms with Gasteiger partial charge in [-0.1, -0.05) is 11.6 Å². The number of hydrogen-bond acceptors (Lipinski definition) is 4. The van der Waals surface area contributed by atoms with E-state index in [1.54, 1.807) is 17.5 Å². The Morgan fingerprint density at radius 2 is 2.00 bits per heavy atom. The second-order valence-corrected chi connectivity index (χ2v) is 6.32. The smallest absolute Gasteiger partial charge is 0.225 e. The molecule has 102 valence electrons. The number of fused-ring (bicyclic) bond motifs is 1. The largest absolute Gasteiger partial charge is 0.347 e. The zero-order valence-corrected chi connectivity index (χ0v) is 13.1. The highest BCUT2D eigenvalue weighted by atomic mass is 35.5. The minimum absolute atomic E-state index is 0.720. The van der Waals surface area contributed by atoms with Gasteiger partial charge >= 0.3 is 0 Å². The number of hydrogen-bond donors (Lipinski definition) is 0. The van der Waals surface area contributed by atoms with Crippen molar-refractivity contribution in [2.24, 2.45) is 0 Å². The van der Waals surface area contributed by atoms with E-state index in [1.165, 1.54) is 20.5 Å². The lowest BCUT2D eigenvalue weighted by Crippen LogP contribution is -2.12. The van der Waals surface area contributed by atoms with Gasteiger partial charge in [-0.05, 0) is 42.1 Å². The average molecular weight is 304 g/mol. The van der Waals surface area contributed by atoms with Crippen molar-refractivity contribution in [2.45, 2.75) is 6.92 Å². The molecule has 5 heteroatoms. The van der Waals surface area contributed by atoms with Gasteiger partial charge in [-0.3, -0.25) is 0 Å². The van der Waals surface area contributed by atoms with Gasteiger partial charge in [-0.25, -0.2) is 9.97 Å². The summed E-state index contributed by atoms with van der Waals surface area (Å²) in [5.74, 6) is 0.720. The van der Waals surface area contributed by atoms with E-state index in [-0.39, 0.29) is 0 Å². The van der Waals surface area contributed by atoms with Crippen LogP contribution in [0, 0.1) is 6.92 Å². The molecule has 0 saturated carbocycles. The summed E-state index contributed by atoms with van der Waals surface area (Å²) in [6.07, 6.45) is 1.80. The van der Waals surface area contributed by atoms with Crippen molar-refractivity contribution in [2.75, 3.05) is 19.0 Å². The van der Waals surface area contributed by atoms with Gasteiger partial charge in [-0.15, -0.1) is 11.3 Å². The van der Waals surface area contributed by atoms with Crippen molar-refractivity contribution in [3.05, 3.63) is 41.0 Å². The summed E-state index contributed by atoms with van der Waals surface area (Å²) in [6.45, 7) is 2.11. The molecule has 0 aliphatic heterocycles. The second-order valence-electron chi connectivity index (χ2n) is 4.83. The van der Waals surface area contributed by atoms with E-state index >= 15 is 0 Å². The highest BCUT2D eigenvalue weighted by Crippen LogP contribution is 2.38. The normalized spacial score (nSPS) is 11.0. The molecule has 3 rings (SSSR count). The van der Waals surface area contributed by atoms with E-state index in [2.05, 4.69) is 23.0 Å². The Kier molecular flexibility index (Phi) is 3.36. The maximum absolute atomic E-state index is 6.09. The minimum Gasteiger partial charge on any atom is -0.347 e. The van der Waals surface area contributed by atoms with Gasteiger partial charge in [0.25, 0.3) is 0 Å². The predicted molar refractivity (Wildman–Crippen MR) is 86.9 cm³/mol. The van der Waals surface area contributed by atoms with Crippen LogP contribution in [0.3, 0.4) is 0 Å². The third kappa shape index (κ3) is 2.25. The van der Waals surface area contributed by atoms with Gasteiger partial charge in [0.1, 0.15) is 0 Å². The van der Waals surface area contributed by atoms with Crippen LogP contribution in [0.5, 0.6) is 0 Å². The van der Waals surface area contributed by atoms with E-state index in [4.69, 9.17) is 11.6 Å². The standard InChI is InChI=1S/C15H14ClN3S/c1-9-11-8-10(16)4-5-13(11)20-14(9)12-6-7-17-15(18-12)19(2)3/h4-8H,1-3H3. The first-order valence-corrected chi connectivity index (χ1v) is 7.45. The summed E-state index contributed by atoms with van der Waals surface area (Å²) in [5, 5.41) is 1.96. The Morgan fingerprint density at radius 1 is 1.20 bits per heavy atom. The predicted octanol–water partition coefficient (Wildman–Crippen LogP) is 4.39. The molecule has 2 aromatic heterocycles. The van der Waals surface area contributed by atoms with Gasteiger partial charge < -0.3 is 4.90 Å². The van der Waals surface area contributed by atoms with Gasteiger partial charge in [0.2, 0.25) is 5.95 Å². The molecule has 0 spiro atoms. The Balaban J connectivity index is 2.19. The zero-order valence-electron chi connectivity index (χ0n) is 11.5. The fraction of sp³-hybridized carbons (Fsp3) is 0.200. The molecule has 0 aliphatic rings. The Bertz CT molecular complexity index is 780. The summed E-state index contributed by atoms with van der Waals surface area (Å²) in [4.78, 5) is 12.0. The molecular formula is C15H14ClN3S. The van der Waals surface area contributed by atoms with Crippen LogP contribution in [-0.4, -0.2) is 24.1 Å². The Morgan fingerprint density at radius 3 is 2.75 bits per heavy atom. The molecule has 0 atom stereocenters. The topological polar surface area (TPSA) is 29.0 Å². The highest BCUT2D eigenvalue weighted by molar-refractivity contribution is 7.22. The third-order valence-corrected chi connectivity index (χ3v) is 4.70. The molecule has 0 unspecified atom stereocenters. The molecule has 0 radical (unpaired) electrons. The van der Waals surface area contributed by atoms with E-state index in [1.807, 2.05) is 37.2 Å². The summed E-state index contributed by atoms with van der Waals surface area (Å²) in [5.41, 5.74) is 2.18. The molecule has 0 bridgehead atoms. The van der Waals surface area contributed by atoms with E-state index in [0.29, 0.717) is 0 Å².